The first kappa shape index (κ1) is 16.6. The highest BCUT2D eigenvalue weighted by molar-refractivity contribution is 7.15. The lowest BCUT2D eigenvalue weighted by Gasteiger charge is -2.01. The van der Waals surface area contributed by atoms with E-state index >= 15 is 0 Å². The molecule has 6 nitrogen and oxygen atoms in total. The summed E-state index contributed by atoms with van der Waals surface area (Å²) in [5.74, 6) is 0.621. The summed E-state index contributed by atoms with van der Waals surface area (Å²) in [6.07, 6.45) is 9.24. The zero-order valence-corrected chi connectivity index (χ0v) is 16.1. The van der Waals surface area contributed by atoms with Gasteiger partial charge in [-0.3, -0.25) is 14.2 Å². The summed E-state index contributed by atoms with van der Waals surface area (Å²) >= 11 is 3.07. The molecular weight excluding hydrogens is 378 g/mol. The summed E-state index contributed by atoms with van der Waals surface area (Å²) < 4.78 is 2.13. The number of nitrogens with zero attached hydrogens (tertiary/aromatic N) is 4. The van der Waals surface area contributed by atoms with Gasteiger partial charge in [0.1, 0.15) is 0 Å². The number of aryl methyl sites for hydroxylation is 1. The molecule has 1 amide bonds. The maximum Gasteiger partial charge on any atom is 0.226 e. The van der Waals surface area contributed by atoms with Crippen molar-refractivity contribution in [2.24, 2.45) is 0 Å². The predicted octanol–water partition coefficient (Wildman–Crippen LogP) is 4.36. The van der Waals surface area contributed by atoms with Crippen LogP contribution in [0.5, 0.6) is 0 Å². The maximum absolute atomic E-state index is 12.3. The standard InChI is InChI=1S/C19H17N5OS2/c25-17(23-18-21-16(11-26-18)13-2-1-7-20-8-13)6-5-14-10-27-19-22-15(9-24(14)19)12-3-4-12/h1-2,7-12H,3-6H2,(H,21,23,25). The summed E-state index contributed by atoms with van der Waals surface area (Å²) in [4.78, 5) is 26.6. The number of nitrogens with one attached hydrogen (secondary N) is 1. The van der Waals surface area contributed by atoms with Crippen molar-refractivity contribution in [2.45, 2.75) is 31.6 Å². The molecule has 0 aliphatic heterocycles. The van der Waals surface area contributed by atoms with Crippen molar-refractivity contribution in [3.05, 3.63) is 52.9 Å². The van der Waals surface area contributed by atoms with Crippen LogP contribution in [0.4, 0.5) is 5.13 Å². The summed E-state index contributed by atoms with van der Waals surface area (Å²) in [5.41, 5.74) is 4.11. The zero-order valence-electron chi connectivity index (χ0n) is 14.5. The van der Waals surface area contributed by atoms with Gasteiger partial charge in [0.2, 0.25) is 5.91 Å². The number of carbonyl (C=O) groups excluding carboxylic acids is 1. The van der Waals surface area contributed by atoms with Gasteiger partial charge in [0, 0.05) is 52.9 Å². The van der Waals surface area contributed by atoms with Gasteiger partial charge < -0.3 is 5.32 Å². The minimum absolute atomic E-state index is 0.0241. The molecule has 4 aromatic rings. The van der Waals surface area contributed by atoms with Crippen molar-refractivity contribution in [3.8, 4) is 11.3 Å². The maximum atomic E-state index is 12.3. The molecule has 136 valence electrons. The van der Waals surface area contributed by atoms with Crippen LogP contribution in [0.3, 0.4) is 0 Å². The fourth-order valence-corrected chi connectivity index (χ4v) is 4.65. The van der Waals surface area contributed by atoms with E-state index in [1.165, 1.54) is 29.9 Å². The predicted molar refractivity (Wildman–Crippen MR) is 107 cm³/mol. The van der Waals surface area contributed by atoms with E-state index in [9.17, 15) is 4.79 Å². The summed E-state index contributed by atoms with van der Waals surface area (Å²) in [5, 5.41) is 7.55. The molecular formula is C19H17N5OS2. The molecule has 0 atom stereocenters. The molecule has 0 unspecified atom stereocenters. The number of aromatic nitrogens is 4. The van der Waals surface area contributed by atoms with Crippen LogP contribution in [-0.4, -0.2) is 25.3 Å². The molecule has 5 rings (SSSR count). The minimum atomic E-state index is -0.0241. The number of anilines is 1. The Morgan fingerprint density at radius 2 is 2.19 bits per heavy atom. The smallest absolute Gasteiger partial charge is 0.226 e. The van der Waals surface area contributed by atoms with Crippen LogP contribution in [-0.2, 0) is 11.2 Å². The summed E-state index contributed by atoms with van der Waals surface area (Å²) in [6.45, 7) is 0. The first-order valence-corrected chi connectivity index (χ1v) is 10.6. The first-order valence-electron chi connectivity index (χ1n) is 8.87. The third-order valence-electron chi connectivity index (χ3n) is 4.61. The van der Waals surface area contributed by atoms with E-state index in [1.54, 1.807) is 23.7 Å². The Kier molecular flexibility index (Phi) is 4.21. The lowest BCUT2D eigenvalue weighted by atomic mass is 10.2. The van der Waals surface area contributed by atoms with E-state index in [-0.39, 0.29) is 5.91 Å². The SMILES string of the molecule is O=C(CCc1csc2nc(C3CC3)cn12)Nc1nc(-c2cccnc2)cs1. The van der Waals surface area contributed by atoms with Crippen LogP contribution in [0.25, 0.3) is 16.2 Å². The minimum Gasteiger partial charge on any atom is -0.302 e. The van der Waals surface area contributed by atoms with Crippen LogP contribution < -0.4 is 5.32 Å². The lowest BCUT2D eigenvalue weighted by Crippen LogP contribution is -2.12. The topological polar surface area (TPSA) is 72.2 Å². The number of imidazole rings is 1. The van der Waals surface area contributed by atoms with Crippen molar-refractivity contribution in [2.75, 3.05) is 5.32 Å². The summed E-state index contributed by atoms with van der Waals surface area (Å²) in [7, 11) is 0. The molecule has 27 heavy (non-hydrogen) atoms. The number of carbonyl (C=O) groups is 1. The van der Waals surface area contributed by atoms with Crippen LogP contribution in [0.15, 0.2) is 41.5 Å². The van der Waals surface area contributed by atoms with Crippen molar-refractivity contribution in [1.29, 1.82) is 0 Å². The van der Waals surface area contributed by atoms with Gasteiger partial charge in [0.25, 0.3) is 0 Å². The van der Waals surface area contributed by atoms with Gasteiger partial charge in [0.15, 0.2) is 10.1 Å². The number of amides is 1. The molecule has 0 bridgehead atoms. The molecule has 1 aliphatic carbocycles. The van der Waals surface area contributed by atoms with Gasteiger partial charge >= 0.3 is 0 Å². The number of thiazole rings is 2. The molecule has 0 saturated heterocycles. The molecule has 4 heterocycles. The van der Waals surface area contributed by atoms with Crippen LogP contribution >= 0.6 is 22.7 Å². The van der Waals surface area contributed by atoms with Crippen molar-refractivity contribution >= 4 is 38.7 Å². The molecule has 1 aliphatic rings. The van der Waals surface area contributed by atoms with Gasteiger partial charge in [-0.1, -0.05) is 0 Å². The number of pyridine rings is 1. The molecule has 1 saturated carbocycles. The first-order chi connectivity index (χ1) is 13.3. The monoisotopic (exact) mass is 395 g/mol. The highest BCUT2D eigenvalue weighted by Gasteiger charge is 2.26. The van der Waals surface area contributed by atoms with E-state index in [0.717, 1.165) is 21.9 Å². The Hall–Kier alpha value is -2.58. The second kappa shape index (κ2) is 6.86. The highest BCUT2D eigenvalue weighted by atomic mass is 32.1. The molecule has 8 heteroatoms. The molecule has 4 aromatic heterocycles. The molecule has 0 aromatic carbocycles. The van der Waals surface area contributed by atoms with E-state index < -0.39 is 0 Å². The quantitative estimate of drug-likeness (QED) is 0.526. The van der Waals surface area contributed by atoms with Crippen LogP contribution in [0.2, 0.25) is 0 Å². The summed E-state index contributed by atoms with van der Waals surface area (Å²) in [6, 6.07) is 3.83. The Labute approximate surface area is 163 Å². The van der Waals surface area contributed by atoms with E-state index in [0.29, 0.717) is 23.9 Å². The number of hydrogen-bond donors (Lipinski definition) is 1. The average molecular weight is 396 g/mol. The van der Waals surface area contributed by atoms with Crippen LogP contribution in [0.1, 0.15) is 36.6 Å². The van der Waals surface area contributed by atoms with Crippen molar-refractivity contribution < 1.29 is 4.79 Å². The van der Waals surface area contributed by atoms with Gasteiger partial charge in [-0.2, -0.15) is 0 Å². The van der Waals surface area contributed by atoms with E-state index in [4.69, 9.17) is 0 Å². The third-order valence-corrected chi connectivity index (χ3v) is 6.26. The molecule has 0 radical (unpaired) electrons. The van der Waals surface area contributed by atoms with Gasteiger partial charge in [-0.05, 0) is 31.4 Å². The number of rotatable bonds is 6. The molecule has 1 fully saturated rings. The number of hydrogen-bond acceptors (Lipinski definition) is 6. The van der Waals surface area contributed by atoms with Gasteiger partial charge in [0.05, 0.1) is 11.4 Å². The zero-order chi connectivity index (χ0) is 18.2. The third kappa shape index (κ3) is 3.50. The fraction of sp³-hybridized carbons (Fsp3) is 0.263. The molecule has 0 spiro atoms. The van der Waals surface area contributed by atoms with Gasteiger partial charge in [-0.25, -0.2) is 9.97 Å². The number of fused-ring (bicyclic) bond motifs is 1. The van der Waals surface area contributed by atoms with Crippen molar-refractivity contribution in [3.63, 3.8) is 0 Å². The highest BCUT2D eigenvalue weighted by Crippen LogP contribution is 2.40. The fourth-order valence-electron chi connectivity index (χ4n) is 3.00. The van der Waals surface area contributed by atoms with Crippen LogP contribution in [0, 0.1) is 0 Å². The van der Waals surface area contributed by atoms with Gasteiger partial charge in [-0.15, -0.1) is 22.7 Å². The Balaban J connectivity index is 1.22. The largest absolute Gasteiger partial charge is 0.302 e. The van der Waals surface area contributed by atoms with E-state index in [2.05, 4.69) is 36.2 Å². The Bertz CT molecular complexity index is 1090. The molecule has 1 N–H and O–H groups in total. The van der Waals surface area contributed by atoms with E-state index in [1.807, 2.05) is 17.5 Å². The Morgan fingerprint density at radius 1 is 1.26 bits per heavy atom. The average Bonchev–Trinajstić information content (AvgIpc) is 3.11. The lowest BCUT2D eigenvalue weighted by molar-refractivity contribution is -0.116. The second-order valence-corrected chi connectivity index (χ2v) is 8.34. The second-order valence-electron chi connectivity index (χ2n) is 6.65. The van der Waals surface area contributed by atoms with Crippen molar-refractivity contribution in [1.82, 2.24) is 19.4 Å². The normalized spacial score (nSPS) is 13.9. The Morgan fingerprint density at radius 3 is 3.00 bits per heavy atom.